The van der Waals surface area contributed by atoms with Gasteiger partial charge in [0.25, 0.3) is 0 Å². The van der Waals surface area contributed by atoms with Crippen LogP contribution in [0.5, 0.6) is 0 Å². The van der Waals surface area contributed by atoms with Gasteiger partial charge in [-0.1, -0.05) is 72.8 Å². The standard InChI is InChI=1S/C36H22N4/c1-37-26-21-27(38-2)23-31(22-26)40-34-20-18-30(39(28-12-5-3-6-13-28)29-14-7-4-8-15-29)24-33(34)36-32-16-10-9-11-25(32)17-19-35(36)40/h3-24H. The van der Waals surface area contributed by atoms with Crippen LogP contribution in [0, 0.1) is 13.1 Å². The van der Waals surface area contributed by atoms with E-state index in [1.165, 1.54) is 10.8 Å². The van der Waals surface area contributed by atoms with E-state index in [1.807, 2.05) is 24.3 Å². The first-order valence-corrected chi connectivity index (χ1v) is 13.0. The van der Waals surface area contributed by atoms with Gasteiger partial charge >= 0.3 is 0 Å². The van der Waals surface area contributed by atoms with Gasteiger partial charge in [-0.15, -0.1) is 0 Å². The van der Waals surface area contributed by atoms with E-state index in [4.69, 9.17) is 13.1 Å². The first-order chi connectivity index (χ1) is 19.7. The molecule has 0 spiro atoms. The predicted molar refractivity (Wildman–Crippen MR) is 165 cm³/mol. The molecule has 0 bridgehead atoms. The predicted octanol–water partition coefficient (Wildman–Crippen LogP) is 10.5. The van der Waals surface area contributed by atoms with Gasteiger partial charge in [-0.05, 0) is 71.4 Å². The average molecular weight is 511 g/mol. The van der Waals surface area contributed by atoms with E-state index in [-0.39, 0.29) is 0 Å². The van der Waals surface area contributed by atoms with Crippen molar-refractivity contribution in [3.05, 3.63) is 156 Å². The van der Waals surface area contributed by atoms with Crippen LogP contribution < -0.4 is 4.90 Å². The minimum Gasteiger partial charge on any atom is -0.312 e. The van der Waals surface area contributed by atoms with Gasteiger partial charge in [-0.2, -0.15) is 0 Å². The summed E-state index contributed by atoms with van der Waals surface area (Å²) in [7, 11) is 0. The van der Waals surface area contributed by atoms with E-state index in [2.05, 4.69) is 122 Å². The van der Waals surface area contributed by atoms with Gasteiger partial charge in [-0.25, -0.2) is 9.69 Å². The van der Waals surface area contributed by atoms with Gasteiger partial charge in [0.1, 0.15) is 0 Å². The first-order valence-electron chi connectivity index (χ1n) is 13.0. The van der Waals surface area contributed by atoms with Crippen LogP contribution in [0.2, 0.25) is 0 Å². The van der Waals surface area contributed by atoms with Crippen molar-refractivity contribution in [2.24, 2.45) is 0 Å². The van der Waals surface area contributed by atoms with Gasteiger partial charge in [0.05, 0.1) is 24.2 Å². The lowest BCUT2D eigenvalue weighted by Crippen LogP contribution is -2.09. The maximum atomic E-state index is 7.62. The van der Waals surface area contributed by atoms with E-state index < -0.39 is 0 Å². The normalized spacial score (nSPS) is 10.9. The molecule has 0 saturated carbocycles. The smallest absolute Gasteiger partial charge is 0.179 e. The number of benzene rings is 6. The summed E-state index contributed by atoms with van der Waals surface area (Å²) in [4.78, 5) is 9.57. The van der Waals surface area contributed by atoms with E-state index in [1.54, 1.807) is 6.07 Å². The maximum absolute atomic E-state index is 7.62. The molecule has 6 aromatic carbocycles. The Kier molecular flexibility index (Phi) is 5.52. The molecule has 186 valence electrons. The molecule has 1 aromatic heterocycles. The van der Waals surface area contributed by atoms with E-state index in [9.17, 15) is 0 Å². The molecule has 0 saturated heterocycles. The zero-order chi connectivity index (χ0) is 27.1. The lowest BCUT2D eigenvalue weighted by Gasteiger charge is -2.25. The summed E-state index contributed by atoms with van der Waals surface area (Å²) in [6.45, 7) is 15.2. The van der Waals surface area contributed by atoms with E-state index >= 15 is 0 Å². The molecule has 0 aliphatic heterocycles. The van der Waals surface area contributed by atoms with Crippen molar-refractivity contribution in [2.75, 3.05) is 4.90 Å². The second-order valence-corrected chi connectivity index (χ2v) is 9.66. The van der Waals surface area contributed by atoms with Crippen LogP contribution >= 0.6 is 0 Å². The summed E-state index contributed by atoms with van der Waals surface area (Å²) in [5.41, 5.74) is 6.98. The number of hydrogen-bond acceptors (Lipinski definition) is 1. The lowest BCUT2D eigenvalue weighted by molar-refractivity contribution is 1.18. The molecule has 0 amide bonds. The number of nitrogens with zero attached hydrogens (tertiary/aromatic N) is 4. The monoisotopic (exact) mass is 510 g/mol. The highest BCUT2D eigenvalue weighted by Gasteiger charge is 2.19. The van der Waals surface area contributed by atoms with Crippen molar-refractivity contribution in [1.82, 2.24) is 4.57 Å². The van der Waals surface area contributed by atoms with Crippen molar-refractivity contribution in [3.8, 4) is 5.69 Å². The summed E-state index contributed by atoms with van der Waals surface area (Å²) in [5, 5.41) is 4.59. The fourth-order valence-electron chi connectivity index (χ4n) is 5.63. The van der Waals surface area contributed by atoms with Crippen LogP contribution in [0.25, 0.3) is 48.0 Å². The molecule has 4 nitrogen and oxygen atoms in total. The van der Waals surface area contributed by atoms with Crippen molar-refractivity contribution in [2.45, 2.75) is 0 Å². The molecule has 1 heterocycles. The number of fused-ring (bicyclic) bond motifs is 5. The summed E-state index contributed by atoms with van der Waals surface area (Å²) >= 11 is 0. The maximum Gasteiger partial charge on any atom is 0.179 e. The Morgan fingerprint density at radius 1 is 0.500 bits per heavy atom. The molecular weight excluding hydrogens is 488 g/mol. The largest absolute Gasteiger partial charge is 0.312 e. The molecule has 0 aliphatic rings. The number of rotatable bonds is 4. The fraction of sp³-hybridized carbons (Fsp3) is 0. The quantitative estimate of drug-likeness (QED) is 0.215. The number of hydrogen-bond donors (Lipinski definition) is 0. The molecule has 4 heteroatoms. The lowest BCUT2D eigenvalue weighted by atomic mass is 10.0. The Bertz CT molecular complexity index is 2060. The summed E-state index contributed by atoms with van der Waals surface area (Å²) in [6.07, 6.45) is 0. The van der Waals surface area contributed by atoms with Crippen molar-refractivity contribution >= 4 is 61.0 Å². The molecule has 0 aliphatic carbocycles. The highest BCUT2D eigenvalue weighted by atomic mass is 15.1. The Morgan fingerprint density at radius 3 is 1.75 bits per heavy atom. The number of aromatic nitrogens is 1. The molecule has 0 radical (unpaired) electrons. The van der Waals surface area contributed by atoms with Crippen LogP contribution in [-0.2, 0) is 0 Å². The van der Waals surface area contributed by atoms with Gasteiger partial charge < -0.3 is 9.47 Å². The first kappa shape index (κ1) is 23.3. The summed E-state index contributed by atoms with van der Waals surface area (Å²) in [6, 6.07) is 45.4. The Hall–Kier alpha value is -5.84. The van der Waals surface area contributed by atoms with Crippen molar-refractivity contribution < 1.29 is 0 Å². The number of para-hydroxylation sites is 2. The fourth-order valence-corrected chi connectivity index (χ4v) is 5.63. The highest BCUT2D eigenvalue weighted by Crippen LogP contribution is 2.42. The third-order valence-electron chi connectivity index (χ3n) is 7.33. The van der Waals surface area contributed by atoms with Crippen LogP contribution in [0.1, 0.15) is 0 Å². The second kappa shape index (κ2) is 9.48. The van der Waals surface area contributed by atoms with Crippen LogP contribution in [0.3, 0.4) is 0 Å². The van der Waals surface area contributed by atoms with E-state index in [0.29, 0.717) is 11.4 Å². The van der Waals surface area contributed by atoms with Gasteiger partial charge in [0, 0.05) is 33.5 Å². The third kappa shape index (κ3) is 3.76. The SMILES string of the molecule is [C-]#[N+]c1cc([N+]#[C-])cc(-n2c3ccc(N(c4ccccc4)c4ccccc4)cc3c3c4ccccc4ccc32)c1. The van der Waals surface area contributed by atoms with Crippen molar-refractivity contribution in [1.29, 1.82) is 0 Å². The third-order valence-corrected chi connectivity index (χ3v) is 7.33. The zero-order valence-corrected chi connectivity index (χ0v) is 21.5. The number of anilines is 3. The minimum atomic E-state index is 0.454. The molecule has 0 unspecified atom stereocenters. The Labute approximate surface area is 232 Å². The molecule has 7 rings (SSSR count). The molecule has 0 fully saturated rings. The van der Waals surface area contributed by atoms with E-state index in [0.717, 1.165) is 44.6 Å². The van der Waals surface area contributed by atoms with Crippen molar-refractivity contribution in [3.63, 3.8) is 0 Å². The topological polar surface area (TPSA) is 16.9 Å². The van der Waals surface area contributed by atoms with Gasteiger partial charge in [-0.3, -0.25) is 0 Å². The molecule has 0 atom stereocenters. The minimum absolute atomic E-state index is 0.454. The Morgan fingerprint density at radius 2 is 1.10 bits per heavy atom. The molecule has 0 N–H and O–H groups in total. The van der Waals surface area contributed by atoms with Gasteiger partial charge in [0.2, 0.25) is 0 Å². The Balaban J connectivity index is 1.58. The zero-order valence-electron chi connectivity index (χ0n) is 21.5. The highest BCUT2D eigenvalue weighted by molar-refractivity contribution is 6.22. The molecule has 40 heavy (non-hydrogen) atoms. The summed E-state index contributed by atoms with van der Waals surface area (Å²) < 4.78 is 2.18. The summed E-state index contributed by atoms with van der Waals surface area (Å²) in [5.74, 6) is 0. The average Bonchev–Trinajstić information content (AvgIpc) is 3.36. The van der Waals surface area contributed by atoms with Crippen LogP contribution in [0.4, 0.5) is 28.4 Å². The second-order valence-electron chi connectivity index (χ2n) is 9.66. The molecule has 7 aromatic rings. The van der Waals surface area contributed by atoms with Crippen LogP contribution in [0.15, 0.2) is 133 Å². The van der Waals surface area contributed by atoms with Crippen LogP contribution in [-0.4, -0.2) is 4.57 Å². The van der Waals surface area contributed by atoms with Gasteiger partial charge in [0.15, 0.2) is 11.4 Å². The molecular formula is C36H22N4.